The summed E-state index contributed by atoms with van der Waals surface area (Å²) in [5.74, 6) is -0.393. The van der Waals surface area contributed by atoms with Crippen molar-refractivity contribution in [3.8, 4) is 11.3 Å². The number of nitrogens with two attached hydrogens (primary N) is 1. The molecule has 3 nitrogen and oxygen atoms in total. The molecule has 106 valence electrons. The fourth-order valence-electron chi connectivity index (χ4n) is 2.78. The number of primary amides is 1. The van der Waals surface area contributed by atoms with Gasteiger partial charge in [0, 0.05) is 28.2 Å². The Kier molecular flexibility index (Phi) is 3.26. The third-order valence-electron chi connectivity index (χ3n) is 3.71. The van der Waals surface area contributed by atoms with Gasteiger partial charge in [-0.15, -0.1) is 0 Å². The van der Waals surface area contributed by atoms with Gasteiger partial charge in [-0.3, -0.25) is 4.79 Å². The molecule has 0 aliphatic carbocycles. The summed E-state index contributed by atoms with van der Waals surface area (Å²) in [6.45, 7) is 4.32. The van der Waals surface area contributed by atoms with E-state index in [9.17, 15) is 4.79 Å². The van der Waals surface area contributed by atoms with Crippen molar-refractivity contribution in [2.24, 2.45) is 5.73 Å². The van der Waals surface area contributed by atoms with Crippen molar-refractivity contribution in [2.75, 3.05) is 0 Å². The Balaban J connectivity index is 2.29. The van der Waals surface area contributed by atoms with Gasteiger partial charge in [0.05, 0.1) is 0 Å². The van der Waals surface area contributed by atoms with Gasteiger partial charge in [-0.2, -0.15) is 0 Å². The highest BCUT2D eigenvalue weighted by Crippen LogP contribution is 2.31. The Morgan fingerprint density at radius 1 is 1.05 bits per heavy atom. The van der Waals surface area contributed by atoms with E-state index >= 15 is 0 Å². The molecule has 3 heteroatoms. The lowest BCUT2D eigenvalue weighted by atomic mass is 10.1. The second-order valence-corrected chi connectivity index (χ2v) is 5.50. The molecule has 0 saturated heterocycles. The minimum absolute atomic E-state index is 0.331. The zero-order valence-corrected chi connectivity index (χ0v) is 12.2. The molecule has 1 heterocycles. The van der Waals surface area contributed by atoms with E-state index in [1.165, 1.54) is 5.56 Å². The molecule has 2 aromatic carbocycles. The van der Waals surface area contributed by atoms with Gasteiger partial charge in [-0.25, -0.2) is 0 Å². The van der Waals surface area contributed by atoms with Gasteiger partial charge in [-0.05, 0) is 43.7 Å². The summed E-state index contributed by atoms with van der Waals surface area (Å²) in [5, 5.41) is 1.04. The maximum absolute atomic E-state index is 11.4. The van der Waals surface area contributed by atoms with Crippen molar-refractivity contribution in [1.82, 2.24) is 4.57 Å². The molecule has 0 aliphatic heterocycles. The fraction of sp³-hybridized carbons (Fsp3) is 0.167. The number of rotatable bonds is 3. The minimum Gasteiger partial charge on any atom is -0.366 e. The Morgan fingerprint density at radius 2 is 1.76 bits per heavy atom. The number of hydrogen-bond acceptors (Lipinski definition) is 1. The fourth-order valence-corrected chi connectivity index (χ4v) is 2.78. The molecule has 1 amide bonds. The first kappa shape index (κ1) is 13.4. The second kappa shape index (κ2) is 5.09. The summed E-state index contributed by atoms with van der Waals surface area (Å²) in [4.78, 5) is 11.4. The Hall–Kier alpha value is -2.55. The van der Waals surface area contributed by atoms with Gasteiger partial charge in [0.25, 0.3) is 0 Å². The zero-order chi connectivity index (χ0) is 15.0. The summed E-state index contributed by atoms with van der Waals surface area (Å²) in [5.41, 5.74) is 9.36. The summed E-state index contributed by atoms with van der Waals surface area (Å²) in [6.07, 6.45) is 0. The molecule has 3 rings (SSSR count). The van der Waals surface area contributed by atoms with Crippen LogP contribution in [0.3, 0.4) is 0 Å². The molecule has 0 radical (unpaired) electrons. The largest absolute Gasteiger partial charge is 0.366 e. The molecule has 1 aromatic heterocycles. The normalized spacial score (nSPS) is 11.2. The van der Waals surface area contributed by atoms with Crippen molar-refractivity contribution in [1.29, 1.82) is 0 Å². The first-order valence-electron chi connectivity index (χ1n) is 7.08. The van der Waals surface area contributed by atoms with Crippen LogP contribution in [-0.2, 0) is 0 Å². The SMILES string of the molecule is CC(C)n1c(-c2ccccc2)cc2cc(C(N)=O)ccc21. The summed E-state index contributed by atoms with van der Waals surface area (Å²) in [6, 6.07) is 18.4. The van der Waals surface area contributed by atoms with E-state index in [1.54, 1.807) is 6.07 Å². The number of nitrogens with zero attached hydrogens (tertiary/aromatic N) is 1. The van der Waals surface area contributed by atoms with Crippen molar-refractivity contribution in [2.45, 2.75) is 19.9 Å². The smallest absolute Gasteiger partial charge is 0.248 e. The lowest BCUT2D eigenvalue weighted by Crippen LogP contribution is -2.10. The van der Waals surface area contributed by atoms with Gasteiger partial charge in [0.2, 0.25) is 5.91 Å². The van der Waals surface area contributed by atoms with E-state index in [0.717, 1.165) is 16.6 Å². The number of carbonyl (C=O) groups excluding carboxylic acids is 1. The molecule has 3 aromatic rings. The van der Waals surface area contributed by atoms with E-state index in [1.807, 2.05) is 30.3 Å². The molecule has 0 fully saturated rings. The number of fused-ring (bicyclic) bond motifs is 1. The second-order valence-electron chi connectivity index (χ2n) is 5.50. The quantitative estimate of drug-likeness (QED) is 0.773. The highest BCUT2D eigenvalue weighted by molar-refractivity contribution is 5.98. The molecule has 0 saturated carbocycles. The third kappa shape index (κ3) is 2.31. The molecule has 0 bridgehead atoms. The lowest BCUT2D eigenvalue weighted by molar-refractivity contribution is 0.100. The Labute approximate surface area is 124 Å². The Morgan fingerprint density at radius 3 is 2.38 bits per heavy atom. The summed E-state index contributed by atoms with van der Waals surface area (Å²) >= 11 is 0. The predicted molar refractivity (Wildman–Crippen MR) is 86.3 cm³/mol. The van der Waals surface area contributed by atoms with Crippen LogP contribution in [0.4, 0.5) is 0 Å². The van der Waals surface area contributed by atoms with Crippen molar-refractivity contribution in [3.63, 3.8) is 0 Å². The van der Waals surface area contributed by atoms with Crippen LogP contribution in [0.15, 0.2) is 54.6 Å². The average Bonchev–Trinajstić information content (AvgIpc) is 2.86. The molecular formula is C18H18N2O. The van der Waals surface area contributed by atoms with Crippen LogP contribution in [0.25, 0.3) is 22.2 Å². The van der Waals surface area contributed by atoms with Crippen LogP contribution in [0.2, 0.25) is 0 Å². The number of aromatic nitrogens is 1. The van der Waals surface area contributed by atoms with E-state index in [2.05, 4.69) is 36.6 Å². The zero-order valence-electron chi connectivity index (χ0n) is 12.2. The molecule has 0 spiro atoms. The lowest BCUT2D eigenvalue weighted by Gasteiger charge is -2.15. The third-order valence-corrected chi connectivity index (χ3v) is 3.71. The maximum atomic E-state index is 11.4. The van der Waals surface area contributed by atoms with Crippen LogP contribution < -0.4 is 5.73 Å². The van der Waals surface area contributed by atoms with Crippen molar-refractivity contribution < 1.29 is 4.79 Å². The highest BCUT2D eigenvalue weighted by Gasteiger charge is 2.14. The highest BCUT2D eigenvalue weighted by atomic mass is 16.1. The van der Waals surface area contributed by atoms with E-state index in [0.29, 0.717) is 11.6 Å². The van der Waals surface area contributed by atoms with Crippen molar-refractivity contribution >= 4 is 16.8 Å². The molecule has 2 N–H and O–H groups in total. The Bertz CT molecular complexity index is 801. The van der Waals surface area contributed by atoms with Crippen LogP contribution in [-0.4, -0.2) is 10.5 Å². The van der Waals surface area contributed by atoms with Gasteiger partial charge >= 0.3 is 0 Å². The minimum atomic E-state index is -0.393. The number of benzene rings is 2. The first-order chi connectivity index (χ1) is 10.1. The topological polar surface area (TPSA) is 48.0 Å². The van der Waals surface area contributed by atoms with Gasteiger partial charge in [-0.1, -0.05) is 30.3 Å². The van der Waals surface area contributed by atoms with Crippen LogP contribution in [0.1, 0.15) is 30.2 Å². The van der Waals surface area contributed by atoms with Gasteiger partial charge < -0.3 is 10.3 Å². The average molecular weight is 278 g/mol. The van der Waals surface area contributed by atoms with E-state index < -0.39 is 5.91 Å². The van der Waals surface area contributed by atoms with E-state index in [-0.39, 0.29) is 0 Å². The van der Waals surface area contributed by atoms with Gasteiger partial charge in [0.1, 0.15) is 0 Å². The monoisotopic (exact) mass is 278 g/mol. The van der Waals surface area contributed by atoms with Crippen LogP contribution in [0.5, 0.6) is 0 Å². The number of hydrogen-bond donors (Lipinski definition) is 1. The summed E-state index contributed by atoms with van der Waals surface area (Å²) in [7, 11) is 0. The van der Waals surface area contributed by atoms with Crippen molar-refractivity contribution in [3.05, 3.63) is 60.2 Å². The van der Waals surface area contributed by atoms with E-state index in [4.69, 9.17) is 5.73 Å². The maximum Gasteiger partial charge on any atom is 0.248 e. The van der Waals surface area contributed by atoms with Crippen LogP contribution in [0, 0.1) is 0 Å². The summed E-state index contributed by atoms with van der Waals surface area (Å²) < 4.78 is 2.29. The molecule has 21 heavy (non-hydrogen) atoms. The molecule has 0 unspecified atom stereocenters. The number of amides is 1. The first-order valence-corrected chi connectivity index (χ1v) is 7.08. The molecular weight excluding hydrogens is 260 g/mol. The number of carbonyl (C=O) groups is 1. The standard InChI is InChI=1S/C18H18N2O/c1-12(2)20-16-9-8-14(18(19)21)10-15(16)11-17(20)13-6-4-3-5-7-13/h3-12H,1-2H3,(H2,19,21). The molecule has 0 aliphatic rings. The predicted octanol–water partition coefficient (Wildman–Crippen LogP) is 3.99. The van der Waals surface area contributed by atoms with Gasteiger partial charge in [0.15, 0.2) is 0 Å². The molecule has 0 atom stereocenters. The van der Waals surface area contributed by atoms with Crippen LogP contribution >= 0.6 is 0 Å².